The lowest BCUT2D eigenvalue weighted by molar-refractivity contribution is 0.101. The molecule has 0 bridgehead atoms. The van der Waals surface area contributed by atoms with E-state index in [2.05, 4.69) is 35.0 Å². The first-order chi connectivity index (χ1) is 13.6. The van der Waals surface area contributed by atoms with Crippen LogP contribution in [0.4, 0.5) is 0 Å². The third-order valence-corrected chi connectivity index (χ3v) is 5.08. The molecule has 0 amide bonds. The van der Waals surface area contributed by atoms with Crippen LogP contribution in [0.3, 0.4) is 0 Å². The van der Waals surface area contributed by atoms with E-state index in [1.165, 1.54) is 5.56 Å². The van der Waals surface area contributed by atoms with Crippen LogP contribution >= 0.6 is 11.6 Å². The third-order valence-electron chi connectivity index (χ3n) is 4.83. The highest BCUT2D eigenvalue weighted by Gasteiger charge is 2.21. The molecule has 3 heteroatoms. The first-order valence-electron chi connectivity index (χ1n) is 9.23. The van der Waals surface area contributed by atoms with Crippen molar-refractivity contribution in [1.82, 2.24) is 4.57 Å². The van der Waals surface area contributed by atoms with Crippen LogP contribution in [-0.2, 0) is 6.54 Å². The molecular weight excluding hydrogens is 366 g/mol. The van der Waals surface area contributed by atoms with Crippen molar-refractivity contribution in [2.24, 2.45) is 0 Å². The lowest BCUT2D eigenvalue weighted by Gasteiger charge is -2.11. The van der Waals surface area contributed by atoms with Gasteiger partial charge in [-0.05, 0) is 35.7 Å². The summed E-state index contributed by atoms with van der Waals surface area (Å²) in [5.74, 6) is 0.0515. The summed E-state index contributed by atoms with van der Waals surface area (Å²) in [4.78, 5) is 12.7. The fraction of sp³-hybridized carbons (Fsp3) is 0.0800. The van der Waals surface area contributed by atoms with Gasteiger partial charge in [0.2, 0.25) is 0 Å². The zero-order chi connectivity index (χ0) is 19.5. The Kier molecular flexibility index (Phi) is 5.14. The van der Waals surface area contributed by atoms with Gasteiger partial charge < -0.3 is 4.57 Å². The van der Waals surface area contributed by atoms with E-state index >= 15 is 0 Å². The molecule has 3 aromatic carbocycles. The van der Waals surface area contributed by atoms with Crippen LogP contribution in [-0.4, -0.2) is 10.4 Å². The van der Waals surface area contributed by atoms with Gasteiger partial charge in [0, 0.05) is 23.3 Å². The van der Waals surface area contributed by atoms with Crippen LogP contribution in [0.1, 0.15) is 22.8 Å². The number of ketones is 1. The minimum atomic E-state index is 0.0515. The molecule has 0 unspecified atom stereocenters. The van der Waals surface area contributed by atoms with Gasteiger partial charge in [-0.3, -0.25) is 4.79 Å². The minimum Gasteiger partial charge on any atom is -0.342 e. The second-order valence-corrected chi connectivity index (χ2v) is 7.25. The van der Waals surface area contributed by atoms with Gasteiger partial charge in [-0.25, -0.2) is 0 Å². The second-order valence-electron chi connectivity index (χ2n) is 6.81. The predicted octanol–water partition coefficient (Wildman–Crippen LogP) is 6.73. The predicted molar refractivity (Wildman–Crippen MR) is 116 cm³/mol. The number of aromatic nitrogens is 1. The van der Waals surface area contributed by atoms with Crippen LogP contribution in [0, 0.1) is 0 Å². The average Bonchev–Trinajstić information content (AvgIpc) is 3.09. The summed E-state index contributed by atoms with van der Waals surface area (Å²) in [6.07, 6.45) is 2.08. The number of hydrogen-bond acceptors (Lipinski definition) is 1. The van der Waals surface area contributed by atoms with Gasteiger partial charge in [0.15, 0.2) is 5.78 Å². The molecule has 2 nitrogen and oxygen atoms in total. The standard InChI is InChI=1S/C25H20ClNO/c1-18(28)24-23(20-12-14-22(26)15-13-20)17-27(16-19-8-4-2-5-9-19)25(24)21-10-6-3-7-11-21/h2-15,17H,16H2,1H3. The molecule has 1 aromatic heterocycles. The number of halogens is 1. The van der Waals surface area contributed by atoms with E-state index in [0.717, 1.165) is 27.9 Å². The van der Waals surface area contributed by atoms with E-state index in [1.807, 2.05) is 60.7 Å². The summed E-state index contributed by atoms with van der Waals surface area (Å²) in [6.45, 7) is 2.33. The topological polar surface area (TPSA) is 22.0 Å². The van der Waals surface area contributed by atoms with Crippen molar-refractivity contribution in [1.29, 1.82) is 0 Å². The van der Waals surface area contributed by atoms with E-state index in [-0.39, 0.29) is 5.78 Å². The maximum Gasteiger partial charge on any atom is 0.162 e. The first kappa shape index (κ1) is 18.3. The molecule has 0 aliphatic carbocycles. The van der Waals surface area contributed by atoms with Gasteiger partial charge in [-0.2, -0.15) is 0 Å². The molecule has 28 heavy (non-hydrogen) atoms. The van der Waals surface area contributed by atoms with Gasteiger partial charge in [-0.15, -0.1) is 0 Å². The Labute approximate surface area is 170 Å². The van der Waals surface area contributed by atoms with E-state index in [0.29, 0.717) is 11.6 Å². The van der Waals surface area contributed by atoms with Gasteiger partial charge in [-0.1, -0.05) is 84.4 Å². The molecule has 0 fully saturated rings. The van der Waals surface area contributed by atoms with Gasteiger partial charge >= 0.3 is 0 Å². The number of nitrogens with zero attached hydrogens (tertiary/aromatic N) is 1. The Bertz CT molecular complexity index is 1100. The SMILES string of the molecule is CC(=O)c1c(-c2ccc(Cl)cc2)cn(Cc2ccccc2)c1-c1ccccc1. The number of hydrogen-bond donors (Lipinski definition) is 0. The Morgan fingerprint density at radius 2 is 1.43 bits per heavy atom. The van der Waals surface area contributed by atoms with Crippen LogP contribution < -0.4 is 0 Å². The number of Topliss-reactive ketones (excluding diaryl/α,β-unsaturated/α-hetero) is 1. The number of benzene rings is 3. The lowest BCUT2D eigenvalue weighted by atomic mass is 9.97. The molecule has 0 aliphatic rings. The summed E-state index contributed by atoms with van der Waals surface area (Å²) in [5.41, 5.74) is 5.82. The van der Waals surface area contributed by atoms with Crippen molar-refractivity contribution in [2.75, 3.05) is 0 Å². The number of carbonyl (C=O) groups is 1. The monoisotopic (exact) mass is 385 g/mol. The Hall–Kier alpha value is -3.10. The highest BCUT2D eigenvalue weighted by molar-refractivity contribution is 6.30. The highest BCUT2D eigenvalue weighted by Crippen LogP contribution is 2.36. The zero-order valence-corrected chi connectivity index (χ0v) is 16.4. The van der Waals surface area contributed by atoms with E-state index < -0.39 is 0 Å². The van der Waals surface area contributed by atoms with Crippen molar-refractivity contribution in [2.45, 2.75) is 13.5 Å². The molecule has 0 spiro atoms. The Morgan fingerprint density at radius 3 is 2.04 bits per heavy atom. The number of carbonyl (C=O) groups excluding carboxylic acids is 1. The van der Waals surface area contributed by atoms with Crippen LogP contribution in [0.5, 0.6) is 0 Å². The summed E-state index contributed by atoms with van der Waals surface area (Å²) < 4.78 is 2.17. The first-order valence-corrected chi connectivity index (χ1v) is 9.60. The van der Waals surface area contributed by atoms with Gasteiger partial charge in [0.1, 0.15) is 0 Å². The van der Waals surface area contributed by atoms with E-state index in [4.69, 9.17) is 11.6 Å². The Morgan fingerprint density at radius 1 is 0.821 bits per heavy atom. The zero-order valence-electron chi connectivity index (χ0n) is 15.6. The summed E-state index contributed by atoms with van der Waals surface area (Å²) in [7, 11) is 0. The lowest BCUT2D eigenvalue weighted by Crippen LogP contribution is -2.03. The molecule has 1 heterocycles. The molecule has 0 saturated carbocycles. The normalized spacial score (nSPS) is 10.8. The molecule has 0 aliphatic heterocycles. The highest BCUT2D eigenvalue weighted by atomic mass is 35.5. The van der Waals surface area contributed by atoms with Crippen molar-refractivity contribution in [3.8, 4) is 22.4 Å². The quantitative estimate of drug-likeness (QED) is 0.349. The van der Waals surface area contributed by atoms with E-state index in [9.17, 15) is 4.79 Å². The summed E-state index contributed by atoms with van der Waals surface area (Å²) in [5, 5.41) is 0.681. The van der Waals surface area contributed by atoms with E-state index in [1.54, 1.807) is 6.92 Å². The van der Waals surface area contributed by atoms with Crippen LogP contribution in [0.15, 0.2) is 91.1 Å². The molecule has 0 atom stereocenters. The molecule has 4 rings (SSSR count). The maximum absolute atomic E-state index is 12.7. The number of rotatable bonds is 5. The molecule has 0 saturated heterocycles. The summed E-state index contributed by atoms with van der Waals surface area (Å²) in [6, 6.07) is 28.0. The van der Waals surface area contributed by atoms with Gasteiger partial charge in [0.05, 0.1) is 11.3 Å². The van der Waals surface area contributed by atoms with Crippen molar-refractivity contribution in [3.05, 3.63) is 107 Å². The molecule has 0 N–H and O–H groups in total. The van der Waals surface area contributed by atoms with Crippen LogP contribution in [0.25, 0.3) is 22.4 Å². The average molecular weight is 386 g/mol. The van der Waals surface area contributed by atoms with Crippen molar-refractivity contribution in [3.63, 3.8) is 0 Å². The molecule has 4 aromatic rings. The molecular formula is C25H20ClNO. The fourth-order valence-electron chi connectivity index (χ4n) is 3.57. The fourth-order valence-corrected chi connectivity index (χ4v) is 3.70. The smallest absolute Gasteiger partial charge is 0.162 e. The Balaban J connectivity index is 1.95. The van der Waals surface area contributed by atoms with Crippen molar-refractivity contribution < 1.29 is 4.79 Å². The minimum absolute atomic E-state index is 0.0515. The van der Waals surface area contributed by atoms with Gasteiger partial charge in [0.25, 0.3) is 0 Å². The van der Waals surface area contributed by atoms with Crippen molar-refractivity contribution >= 4 is 17.4 Å². The summed E-state index contributed by atoms with van der Waals surface area (Å²) >= 11 is 6.07. The van der Waals surface area contributed by atoms with Crippen LogP contribution in [0.2, 0.25) is 5.02 Å². The maximum atomic E-state index is 12.7. The third kappa shape index (κ3) is 3.64. The molecule has 0 radical (unpaired) electrons. The largest absolute Gasteiger partial charge is 0.342 e. The second kappa shape index (κ2) is 7.87. The molecule has 138 valence electrons.